The lowest BCUT2D eigenvalue weighted by Crippen LogP contribution is -2.27. The zero-order valence-electron chi connectivity index (χ0n) is 12.6. The number of anilines is 1. The molecule has 2 aromatic rings. The molecule has 22 heavy (non-hydrogen) atoms. The molecule has 3 amide bonds. The van der Waals surface area contributed by atoms with Gasteiger partial charge in [0.25, 0.3) is 5.91 Å². The van der Waals surface area contributed by atoms with Gasteiger partial charge >= 0.3 is 6.03 Å². The summed E-state index contributed by atoms with van der Waals surface area (Å²) in [6, 6.07) is 13.8. The number of amides is 3. The van der Waals surface area contributed by atoms with Crippen LogP contribution in [-0.2, 0) is 0 Å². The number of hydrogen-bond donors (Lipinski definition) is 3. The largest absolute Gasteiger partial charge is 0.351 e. The van der Waals surface area contributed by atoms with Gasteiger partial charge in [-0.15, -0.1) is 0 Å². The smallest absolute Gasteiger partial charge is 0.316 e. The molecule has 5 nitrogen and oxygen atoms in total. The van der Waals surface area contributed by atoms with Gasteiger partial charge in [0.1, 0.15) is 0 Å². The van der Waals surface area contributed by atoms with Gasteiger partial charge in [0.05, 0.1) is 6.04 Å². The number of nitrogens with two attached hydrogens (primary N) is 1. The van der Waals surface area contributed by atoms with E-state index in [0.29, 0.717) is 11.3 Å². The van der Waals surface area contributed by atoms with Gasteiger partial charge in [0.2, 0.25) is 0 Å². The van der Waals surface area contributed by atoms with Crippen molar-refractivity contribution in [1.82, 2.24) is 5.32 Å². The molecule has 0 aliphatic rings. The van der Waals surface area contributed by atoms with Crippen molar-refractivity contribution < 1.29 is 9.59 Å². The molecular formula is C17H19N3O2. The van der Waals surface area contributed by atoms with Crippen LogP contribution in [0.5, 0.6) is 0 Å². The molecular weight excluding hydrogens is 278 g/mol. The second-order valence-corrected chi connectivity index (χ2v) is 5.12. The fourth-order valence-corrected chi connectivity index (χ4v) is 2.31. The Balaban J connectivity index is 2.12. The van der Waals surface area contributed by atoms with E-state index in [-0.39, 0.29) is 11.9 Å². The Morgan fingerprint density at radius 1 is 1.09 bits per heavy atom. The number of hydrogen-bond acceptors (Lipinski definition) is 2. The topological polar surface area (TPSA) is 84.2 Å². The lowest BCUT2D eigenvalue weighted by Gasteiger charge is -2.17. The first-order chi connectivity index (χ1) is 10.5. The van der Waals surface area contributed by atoms with Crippen LogP contribution in [0, 0.1) is 6.92 Å². The number of nitrogens with one attached hydrogen (secondary N) is 2. The molecule has 0 heterocycles. The van der Waals surface area contributed by atoms with Gasteiger partial charge in [-0.2, -0.15) is 0 Å². The molecule has 114 valence electrons. The Morgan fingerprint density at radius 3 is 2.50 bits per heavy atom. The maximum Gasteiger partial charge on any atom is 0.316 e. The molecule has 4 N–H and O–H groups in total. The second kappa shape index (κ2) is 6.76. The summed E-state index contributed by atoms with van der Waals surface area (Å²) in [7, 11) is 0. The van der Waals surface area contributed by atoms with Crippen LogP contribution in [0.2, 0.25) is 0 Å². The van der Waals surface area contributed by atoms with Gasteiger partial charge in [-0.1, -0.05) is 30.3 Å². The Morgan fingerprint density at radius 2 is 1.82 bits per heavy atom. The number of urea groups is 1. The van der Waals surface area contributed by atoms with Crippen molar-refractivity contribution in [3.63, 3.8) is 0 Å². The molecule has 0 spiro atoms. The number of carbonyl (C=O) groups excluding carboxylic acids is 2. The van der Waals surface area contributed by atoms with E-state index in [4.69, 9.17) is 5.73 Å². The van der Waals surface area contributed by atoms with Crippen molar-refractivity contribution in [2.45, 2.75) is 19.9 Å². The third-order valence-electron chi connectivity index (χ3n) is 3.39. The van der Waals surface area contributed by atoms with Crippen LogP contribution >= 0.6 is 0 Å². The van der Waals surface area contributed by atoms with Crippen molar-refractivity contribution in [3.8, 4) is 0 Å². The molecule has 0 saturated heterocycles. The normalized spacial score (nSPS) is 11.5. The molecule has 0 aromatic heterocycles. The molecule has 2 rings (SSSR count). The van der Waals surface area contributed by atoms with E-state index in [1.807, 2.05) is 38.1 Å². The highest BCUT2D eigenvalue weighted by Crippen LogP contribution is 2.18. The van der Waals surface area contributed by atoms with Crippen LogP contribution in [0.1, 0.15) is 34.5 Å². The molecule has 1 atom stereocenters. The maximum atomic E-state index is 12.3. The van der Waals surface area contributed by atoms with Gasteiger partial charge < -0.3 is 16.4 Å². The number of benzene rings is 2. The van der Waals surface area contributed by atoms with Crippen LogP contribution < -0.4 is 16.4 Å². The summed E-state index contributed by atoms with van der Waals surface area (Å²) >= 11 is 0. The Hall–Kier alpha value is -2.82. The van der Waals surface area contributed by atoms with Crippen LogP contribution in [0.4, 0.5) is 10.5 Å². The van der Waals surface area contributed by atoms with Crippen molar-refractivity contribution in [2.24, 2.45) is 5.73 Å². The van der Waals surface area contributed by atoms with Gasteiger partial charge in [0.15, 0.2) is 0 Å². The number of primary amides is 1. The summed E-state index contributed by atoms with van der Waals surface area (Å²) in [5.41, 5.74) is 8.22. The van der Waals surface area contributed by atoms with Crippen molar-refractivity contribution in [2.75, 3.05) is 5.32 Å². The lowest BCUT2D eigenvalue weighted by atomic mass is 10.0. The molecule has 0 fully saturated rings. The van der Waals surface area contributed by atoms with E-state index in [2.05, 4.69) is 10.6 Å². The lowest BCUT2D eigenvalue weighted by molar-refractivity contribution is 0.0940. The third-order valence-corrected chi connectivity index (χ3v) is 3.39. The highest BCUT2D eigenvalue weighted by Gasteiger charge is 2.13. The zero-order valence-corrected chi connectivity index (χ0v) is 12.6. The molecule has 0 aliphatic carbocycles. The van der Waals surface area contributed by atoms with Gasteiger partial charge in [-0.05, 0) is 43.2 Å². The van der Waals surface area contributed by atoms with Crippen LogP contribution in [0.3, 0.4) is 0 Å². The van der Waals surface area contributed by atoms with E-state index in [1.165, 1.54) is 0 Å². The van der Waals surface area contributed by atoms with Crippen molar-refractivity contribution in [1.29, 1.82) is 0 Å². The SMILES string of the molecule is Cc1ccccc1[C@@H](C)NC(=O)c1cccc(NC(N)=O)c1. The highest BCUT2D eigenvalue weighted by atomic mass is 16.2. The molecule has 0 aliphatic heterocycles. The molecule has 5 heteroatoms. The monoisotopic (exact) mass is 297 g/mol. The number of aryl methyl sites for hydroxylation is 1. The summed E-state index contributed by atoms with van der Waals surface area (Å²) in [6.45, 7) is 3.95. The minimum Gasteiger partial charge on any atom is -0.351 e. The summed E-state index contributed by atoms with van der Waals surface area (Å²) in [4.78, 5) is 23.2. The zero-order chi connectivity index (χ0) is 16.1. The first-order valence-electron chi connectivity index (χ1n) is 7.00. The predicted octanol–water partition coefficient (Wildman–Crippen LogP) is 2.98. The Kier molecular flexibility index (Phi) is 4.78. The van der Waals surface area contributed by atoms with E-state index in [0.717, 1.165) is 11.1 Å². The van der Waals surface area contributed by atoms with E-state index in [1.54, 1.807) is 24.3 Å². The van der Waals surface area contributed by atoms with E-state index >= 15 is 0 Å². The van der Waals surface area contributed by atoms with Crippen LogP contribution in [0.25, 0.3) is 0 Å². The molecule has 2 aromatic carbocycles. The number of rotatable bonds is 4. The number of carbonyl (C=O) groups is 2. The summed E-state index contributed by atoms with van der Waals surface area (Å²) in [6.07, 6.45) is 0. The summed E-state index contributed by atoms with van der Waals surface area (Å²) in [5, 5.41) is 5.40. The second-order valence-electron chi connectivity index (χ2n) is 5.12. The third kappa shape index (κ3) is 3.85. The first kappa shape index (κ1) is 15.6. The molecule has 0 unspecified atom stereocenters. The average Bonchev–Trinajstić information content (AvgIpc) is 2.47. The van der Waals surface area contributed by atoms with Crippen molar-refractivity contribution >= 4 is 17.6 Å². The highest BCUT2D eigenvalue weighted by molar-refractivity contribution is 5.96. The van der Waals surface area contributed by atoms with E-state index < -0.39 is 6.03 Å². The average molecular weight is 297 g/mol. The van der Waals surface area contributed by atoms with Gasteiger partial charge in [-0.25, -0.2) is 4.79 Å². The predicted molar refractivity (Wildman–Crippen MR) is 86.7 cm³/mol. The Labute approximate surface area is 129 Å². The fourth-order valence-electron chi connectivity index (χ4n) is 2.31. The fraction of sp³-hybridized carbons (Fsp3) is 0.176. The molecule has 0 radical (unpaired) electrons. The van der Waals surface area contributed by atoms with E-state index in [9.17, 15) is 9.59 Å². The first-order valence-corrected chi connectivity index (χ1v) is 7.00. The standard InChI is InChI=1S/C17H19N3O2/c1-11-6-3-4-9-15(11)12(2)19-16(21)13-7-5-8-14(10-13)20-17(18)22/h3-10,12H,1-2H3,(H,19,21)(H3,18,20,22)/t12-/m1/s1. The maximum absolute atomic E-state index is 12.3. The summed E-state index contributed by atoms with van der Waals surface area (Å²) < 4.78 is 0. The van der Waals surface area contributed by atoms with Gasteiger partial charge in [0, 0.05) is 11.3 Å². The molecule has 0 bridgehead atoms. The molecule has 0 saturated carbocycles. The minimum absolute atomic E-state index is 0.110. The van der Waals surface area contributed by atoms with Crippen LogP contribution in [0.15, 0.2) is 48.5 Å². The minimum atomic E-state index is -0.661. The van der Waals surface area contributed by atoms with Crippen LogP contribution in [-0.4, -0.2) is 11.9 Å². The summed E-state index contributed by atoms with van der Waals surface area (Å²) in [5.74, 6) is -0.205. The van der Waals surface area contributed by atoms with Crippen molar-refractivity contribution in [3.05, 3.63) is 65.2 Å². The quantitative estimate of drug-likeness (QED) is 0.810. The Bertz CT molecular complexity index is 698. The van der Waals surface area contributed by atoms with Gasteiger partial charge in [-0.3, -0.25) is 4.79 Å².